The number of likely N-dealkylation sites (tertiary alicyclic amines) is 1. The third kappa shape index (κ3) is 6.18. The van der Waals surface area contributed by atoms with Crippen LogP contribution in [-0.4, -0.2) is 57.6 Å². The molecule has 214 valence electrons. The predicted octanol–water partition coefficient (Wildman–Crippen LogP) is 4.48. The fourth-order valence-electron chi connectivity index (χ4n) is 4.50. The normalized spacial score (nSPS) is 23.8. The number of hydrogen-bond donors (Lipinski definition) is 1. The molecule has 4 aliphatic rings. The molecule has 1 saturated heterocycles. The van der Waals surface area contributed by atoms with E-state index in [-0.39, 0.29) is 44.2 Å². The summed E-state index contributed by atoms with van der Waals surface area (Å²) >= 11 is 0. The molecule has 5 rings (SSSR count). The topological polar surface area (TPSA) is 99.5 Å². The number of ether oxygens (including phenoxy) is 1. The third-order valence-electron chi connectivity index (χ3n) is 7.56. The lowest BCUT2D eigenvalue weighted by molar-refractivity contribution is -0.197. The summed E-state index contributed by atoms with van der Waals surface area (Å²) in [5.74, 6) is -1.03. The Morgan fingerprint density at radius 3 is 2.23 bits per heavy atom. The molecule has 1 N–H and O–H groups in total. The molecule has 1 aliphatic heterocycles. The Morgan fingerprint density at radius 2 is 1.79 bits per heavy atom. The quantitative estimate of drug-likeness (QED) is 0.380. The first-order valence-electron chi connectivity index (χ1n) is 12.5. The van der Waals surface area contributed by atoms with Crippen molar-refractivity contribution >= 4 is 23.1 Å². The van der Waals surface area contributed by atoms with E-state index < -0.39 is 55.7 Å². The van der Waals surface area contributed by atoms with Crippen LogP contribution in [0.5, 0.6) is 5.75 Å². The number of rotatable bonds is 7. The summed E-state index contributed by atoms with van der Waals surface area (Å²) in [6.07, 6.45) is -5.40. The number of benzene rings is 1. The van der Waals surface area contributed by atoms with Crippen molar-refractivity contribution < 1.29 is 44.9 Å². The molecule has 3 aliphatic carbocycles. The van der Waals surface area contributed by atoms with Gasteiger partial charge in [0.15, 0.2) is 0 Å². The Balaban J connectivity index is 0.000000379. The molecule has 1 aromatic carbocycles. The third-order valence-corrected chi connectivity index (χ3v) is 9.34. The number of carbonyl (C=O) groups is 2. The second-order valence-corrected chi connectivity index (χ2v) is 12.0. The first-order chi connectivity index (χ1) is 18.2. The summed E-state index contributed by atoms with van der Waals surface area (Å²) in [5.41, 5.74) is -3.94. The molecule has 14 heteroatoms. The molecule has 1 heterocycles. The zero-order valence-electron chi connectivity index (χ0n) is 20.7. The zero-order chi connectivity index (χ0) is 28.6. The number of carbonyl (C=O) groups excluding carboxylic acids is 2. The van der Waals surface area contributed by atoms with E-state index >= 15 is 0 Å². The maximum atomic E-state index is 13.6. The van der Waals surface area contributed by atoms with Crippen LogP contribution in [0.3, 0.4) is 0 Å². The van der Waals surface area contributed by atoms with E-state index in [9.17, 15) is 40.1 Å². The SMILES string of the molecule is N#CC1(NC=O)CC1.O=C(N1CCC(S(=O)c2ccc(OC3CCC3)cc2C(F)(F)F)C1)C1(C(F)(F)F)CC1. The Bertz CT molecular complexity index is 1170. The minimum atomic E-state index is -4.77. The molecular formula is C25H27F6N3O4S. The van der Waals surface area contributed by atoms with Crippen molar-refractivity contribution in [1.29, 1.82) is 5.26 Å². The van der Waals surface area contributed by atoms with Gasteiger partial charge in [-0.3, -0.25) is 13.8 Å². The van der Waals surface area contributed by atoms with Gasteiger partial charge in [-0.2, -0.15) is 31.6 Å². The molecule has 2 atom stereocenters. The summed E-state index contributed by atoms with van der Waals surface area (Å²) < 4.78 is 99.0. The Kier molecular flexibility index (Phi) is 7.95. The summed E-state index contributed by atoms with van der Waals surface area (Å²) in [5, 5.41) is 9.89. The molecule has 2 amide bonds. The van der Waals surface area contributed by atoms with E-state index in [1.54, 1.807) is 0 Å². The molecule has 39 heavy (non-hydrogen) atoms. The monoisotopic (exact) mass is 579 g/mol. The van der Waals surface area contributed by atoms with E-state index in [1.807, 2.05) is 6.07 Å². The fraction of sp³-hybridized carbons (Fsp3) is 0.640. The molecule has 0 radical (unpaired) electrons. The number of alkyl halides is 6. The summed E-state index contributed by atoms with van der Waals surface area (Å²) in [6, 6.07) is 5.28. The average Bonchev–Trinajstić information content (AvgIpc) is 3.77. The Labute approximate surface area is 223 Å². The number of nitrogens with one attached hydrogen (secondary N) is 1. The smallest absolute Gasteiger partial charge is 0.417 e. The van der Waals surface area contributed by atoms with Gasteiger partial charge in [-0.15, -0.1) is 0 Å². The van der Waals surface area contributed by atoms with Gasteiger partial charge in [0, 0.05) is 13.1 Å². The van der Waals surface area contributed by atoms with Gasteiger partial charge in [0.2, 0.25) is 12.3 Å². The van der Waals surface area contributed by atoms with E-state index in [0.29, 0.717) is 6.41 Å². The van der Waals surface area contributed by atoms with Crippen LogP contribution in [0, 0.1) is 16.7 Å². The summed E-state index contributed by atoms with van der Waals surface area (Å²) in [6.45, 7) is -0.321. The van der Waals surface area contributed by atoms with Crippen molar-refractivity contribution in [3.63, 3.8) is 0 Å². The van der Waals surface area contributed by atoms with Gasteiger partial charge in [-0.25, -0.2) is 0 Å². The van der Waals surface area contributed by atoms with Crippen molar-refractivity contribution in [3.05, 3.63) is 23.8 Å². The lowest BCUT2D eigenvalue weighted by Gasteiger charge is -2.27. The Morgan fingerprint density at radius 1 is 1.13 bits per heavy atom. The Hall–Kier alpha value is -2.82. The molecule has 7 nitrogen and oxygen atoms in total. The molecule has 2 unspecified atom stereocenters. The van der Waals surface area contributed by atoms with Crippen molar-refractivity contribution in [3.8, 4) is 11.8 Å². The van der Waals surface area contributed by atoms with E-state index in [2.05, 4.69) is 5.32 Å². The fourth-order valence-corrected chi connectivity index (χ4v) is 6.09. The van der Waals surface area contributed by atoms with E-state index in [4.69, 9.17) is 10.00 Å². The second kappa shape index (κ2) is 10.6. The minimum Gasteiger partial charge on any atom is -0.490 e. The molecule has 4 fully saturated rings. The van der Waals surface area contributed by atoms with Crippen LogP contribution in [0.1, 0.15) is 56.9 Å². The standard InChI is InChI=1S/C20H21F6NO3S.C5H6N2O/c21-19(22,23)15-10-13(30-12-2-1-3-12)4-5-16(15)31(29)14-6-9-27(11-14)17(28)18(7-8-18)20(24,25)26;6-3-5(1-2-5)7-4-8/h4-5,10,12,14H,1-3,6-9,11H2;4H,1-2H2,(H,7,8). The predicted molar refractivity (Wildman–Crippen MR) is 126 cm³/mol. The van der Waals surface area contributed by atoms with Gasteiger partial charge >= 0.3 is 12.4 Å². The van der Waals surface area contributed by atoms with Crippen LogP contribution >= 0.6 is 0 Å². The lowest BCUT2D eigenvalue weighted by Crippen LogP contribution is -2.43. The average molecular weight is 580 g/mol. The molecule has 0 aromatic heterocycles. The number of amides is 2. The highest BCUT2D eigenvalue weighted by Gasteiger charge is 2.69. The highest BCUT2D eigenvalue weighted by Crippen LogP contribution is 2.59. The number of nitriles is 1. The van der Waals surface area contributed by atoms with Gasteiger partial charge in [0.25, 0.3) is 0 Å². The van der Waals surface area contributed by atoms with Crippen molar-refractivity contribution in [1.82, 2.24) is 10.2 Å². The molecule has 3 saturated carbocycles. The van der Waals surface area contributed by atoms with Gasteiger partial charge in [-0.1, -0.05) is 0 Å². The lowest BCUT2D eigenvalue weighted by atomic mass is 9.96. The highest BCUT2D eigenvalue weighted by atomic mass is 32.2. The first-order valence-corrected chi connectivity index (χ1v) is 13.7. The van der Waals surface area contributed by atoms with Crippen LogP contribution in [0.2, 0.25) is 0 Å². The maximum absolute atomic E-state index is 13.6. The van der Waals surface area contributed by atoms with Crippen LogP contribution in [0.4, 0.5) is 26.3 Å². The summed E-state index contributed by atoms with van der Waals surface area (Å²) in [4.78, 5) is 22.7. The van der Waals surface area contributed by atoms with Gasteiger partial charge in [0.1, 0.15) is 16.7 Å². The van der Waals surface area contributed by atoms with Crippen molar-refractivity contribution in [2.24, 2.45) is 5.41 Å². The molecular weight excluding hydrogens is 552 g/mol. The molecule has 0 bridgehead atoms. The van der Waals surface area contributed by atoms with Gasteiger partial charge in [-0.05, 0) is 69.6 Å². The van der Waals surface area contributed by atoms with E-state index in [1.165, 1.54) is 6.07 Å². The highest BCUT2D eigenvalue weighted by molar-refractivity contribution is 7.85. The van der Waals surface area contributed by atoms with Gasteiger partial charge < -0.3 is 15.0 Å². The molecule has 1 aromatic rings. The van der Waals surface area contributed by atoms with Crippen molar-refractivity contribution in [2.75, 3.05) is 13.1 Å². The van der Waals surface area contributed by atoms with Crippen LogP contribution in [0.25, 0.3) is 0 Å². The van der Waals surface area contributed by atoms with Crippen LogP contribution in [0.15, 0.2) is 23.1 Å². The van der Waals surface area contributed by atoms with Crippen molar-refractivity contribution in [2.45, 2.75) is 85.5 Å². The van der Waals surface area contributed by atoms with Crippen LogP contribution < -0.4 is 10.1 Å². The molecule has 0 spiro atoms. The number of halogens is 6. The van der Waals surface area contributed by atoms with Crippen LogP contribution in [-0.2, 0) is 26.6 Å². The zero-order valence-corrected chi connectivity index (χ0v) is 21.6. The largest absolute Gasteiger partial charge is 0.490 e. The summed E-state index contributed by atoms with van der Waals surface area (Å²) in [7, 11) is -2.14. The minimum absolute atomic E-state index is 0.0434. The van der Waals surface area contributed by atoms with Gasteiger partial charge in [0.05, 0.1) is 38.7 Å². The number of hydrogen-bond acceptors (Lipinski definition) is 5. The first kappa shape index (κ1) is 29.2. The number of nitrogens with zero attached hydrogens (tertiary/aromatic N) is 2. The maximum Gasteiger partial charge on any atom is 0.417 e. The van der Waals surface area contributed by atoms with E-state index in [0.717, 1.165) is 49.1 Å². The second-order valence-electron chi connectivity index (χ2n) is 10.3.